The summed E-state index contributed by atoms with van der Waals surface area (Å²) in [7, 11) is 0. The summed E-state index contributed by atoms with van der Waals surface area (Å²) in [6, 6.07) is 8.40. The summed E-state index contributed by atoms with van der Waals surface area (Å²) in [6.07, 6.45) is 8.93. The van der Waals surface area contributed by atoms with Crippen molar-refractivity contribution in [1.82, 2.24) is 20.4 Å². The average Bonchev–Trinajstić information content (AvgIpc) is 3.17. The number of pyridine rings is 2. The van der Waals surface area contributed by atoms with Crippen molar-refractivity contribution in [3.8, 4) is 21.1 Å². The molecule has 0 spiro atoms. The van der Waals surface area contributed by atoms with Gasteiger partial charge in [-0.15, -0.1) is 11.3 Å². The molecule has 6 heteroatoms. The van der Waals surface area contributed by atoms with E-state index < -0.39 is 0 Å². The van der Waals surface area contributed by atoms with Crippen molar-refractivity contribution in [3.05, 3.63) is 54.1 Å². The first-order valence-corrected chi connectivity index (χ1v) is 9.80. The van der Waals surface area contributed by atoms with Crippen molar-refractivity contribution in [2.75, 3.05) is 0 Å². The highest BCUT2D eigenvalue weighted by atomic mass is 32.1. The summed E-state index contributed by atoms with van der Waals surface area (Å²) >= 11 is 1.64. The summed E-state index contributed by atoms with van der Waals surface area (Å²) in [5.74, 6) is 0. The van der Waals surface area contributed by atoms with E-state index in [1.165, 1.54) is 5.56 Å². The quantitative estimate of drug-likeness (QED) is 0.670. The number of aromatic nitrogens is 3. The van der Waals surface area contributed by atoms with Crippen molar-refractivity contribution < 1.29 is 4.84 Å². The summed E-state index contributed by atoms with van der Waals surface area (Å²) in [5, 5.41) is 0.963. The third-order valence-electron chi connectivity index (χ3n) is 4.39. The van der Waals surface area contributed by atoms with Crippen LogP contribution in [-0.4, -0.2) is 21.1 Å². The highest BCUT2D eigenvalue weighted by Crippen LogP contribution is 2.34. The van der Waals surface area contributed by atoms with Crippen LogP contribution >= 0.6 is 11.3 Å². The van der Waals surface area contributed by atoms with E-state index in [9.17, 15) is 0 Å². The lowest BCUT2D eigenvalue weighted by Gasteiger charge is -2.26. The van der Waals surface area contributed by atoms with Gasteiger partial charge in [-0.3, -0.25) is 9.82 Å². The van der Waals surface area contributed by atoms with Crippen LogP contribution in [0.2, 0.25) is 0 Å². The Morgan fingerprint density at radius 1 is 1.23 bits per heavy atom. The minimum atomic E-state index is 0.145. The molecule has 0 fully saturated rings. The molecule has 1 atom stereocenters. The fourth-order valence-electron chi connectivity index (χ4n) is 3.14. The lowest BCUT2D eigenvalue weighted by molar-refractivity contribution is -0.0305. The molecule has 5 nitrogen and oxygen atoms in total. The Bertz CT molecular complexity index is 879. The molecule has 0 saturated heterocycles. The van der Waals surface area contributed by atoms with E-state index in [1.54, 1.807) is 17.5 Å². The predicted octanol–water partition coefficient (Wildman–Crippen LogP) is 4.57. The van der Waals surface area contributed by atoms with Gasteiger partial charge in [-0.05, 0) is 56.9 Å². The maximum atomic E-state index is 5.64. The van der Waals surface area contributed by atoms with Gasteiger partial charge in [0.1, 0.15) is 5.01 Å². The molecule has 0 radical (unpaired) electrons. The first kappa shape index (κ1) is 17.3. The normalized spacial score (nSPS) is 16.7. The van der Waals surface area contributed by atoms with E-state index in [-0.39, 0.29) is 12.1 Å². The lowest BCUT2D eigenvalue weighted by atomic mass is 9.92. The summed E-state index contributed by atoms with van der Waals surface area (Å²) < 4.78 is 0. The third kappa shape index (κ3) is 3.67. The van der Waals surface area contributed by atoms with Crippen LogP contribution in [0.25, 0.3) is 21.1 Å². The number of thiazole rings is 1. The second-order valence-corrected chi connectivity index (χ2v) is 7.77. The van der Waals surface area contributed by atoms with Gasteiger partial charge in [0.05, 0.1) is 28.4 Å². The Labute approximate surface area is 157 Å². The van der Waals surface area contributed by atoms with Gasteiger partial charge in [0.2, 0.25) is 0 Å². The molecule has 1 aliphatic rings. The molecule has 0 amide bonds. The number of hydrogen-bond donors (Lipinski definition) is 1. The first-order valence-electron chi connectivity index (χ1n) is 8.98. The molecule has 26 heavy (non-hydrogen) atoms. The summed E-state index contributed by atoms with van der Waals surface area (Å²) in [4.78, 5) is 20.4. The van der Waals surface area contributed by atoms with Crippen LogP contribution in [-0.2, 0) is 11.3 Å². The number of hydrogen-bond acceptors (Lipinski definition) is 6. The molecule has 1 aliphatic carbocycles. The van der Waals surface area contributed by atoms with Crippen LogP contribution in [0.5, 0.6) is 0 Å². The van der Waals surface area contributed by atoms with Crippen LogP contribution < -0.4 is 5.48 Å². The number of nitrogens with one attached hydrogen (secondary N) is 1. The second kappa shape index (κ2) is 7.61. The van der Waals surface area contributed by atoms with Crippen LogP contribution in [0.3, 0.4) is 0 Å². The number of hydroxylamine groups is 1. The van der Waals surface area contributed by atoms with Crippen LogP contribution in [0.15, 0.2) is 42.9 Å². The van der Waals surface area contributed by atoms with Gasteiger partial charge in [0.15, 0.2) is 0 Å². The van der Waals surface area contributed by atoms with E-state index in [0.717, 1.165) is 46.1 Å². The van der Waals surface area contributed by atoms with Gasteiger partial charge < -0.3 is 0 Å². The largest absolute Gasteiger partial charge is 0.298 e. The molecule has 4 rings (SSSR count). The predicted molar refractivity (Wildman–Crippen MR) is 104 cm³/mol. The molecule has 0 aliphatic heterocycles. The molecule has 134 valence electrons. The standard InChI is InChI=1S/C20H22N4OS/c1-13(2)25-24-17-7-3-5-14-8-9-16(23-19(14)17)18-12-22-20(26-18)15-6-4-10-21-11-15/h4,6,8-13,17,24H,3,5,7H2,1-2H3. The van der Waals surface area contributed by atoms with Gasteiger partial charge in [0.25, 0.3) is 0 Å². The maximum Gasteiger partial charge on any atom is 0.125 e. The molecule has 1 N–H and O–H groups in total. The molecular weight excluding hydrogens is 344 g/mol. The second-order valence-electron chi connectivity index (χ2n) is 6.74. The molecule has 3 aromatic rings. The maximum absolute atomic E-state index is 5.64. The lowest BCUT2D eigenvalue weighted by Crippen LogP contribution is -2.29. The Hall–Kier alpha value is -2.15. The zero-order chi connectivity index (χ0) is 17.9. The average molecular weight is 366 g/mol. The first-order chi connectivity index (χ1) is 12.7. The van der Waals surface area contributed by atoms with Crippen molar-refractivity contribution in [2.45, 2.75) is 45.3 Å². The monoisotopic (exact) mass is 366 g/mol. The topological polar surface area (TPSA) is 59.9 Å². The van der Waals surface area contributed by atoms with Gasteiger partial charge in [-0.2, -0.15) is 5.48 Å². The number of nitrogens with zero attached hydrogens (tertiary/aromatic N) is 3. The summed E-state index contributed by atoms with van der Waals surface area (Å²) in [6.45, 7) is 4.05. The van der Waals surface area contributed by atoms with Gasteiger partial charge >= 0.3 is 0 Å². The molecule has 0 saturated carbocycles. The van der Waals surface area contributed by atoms with E-state index >= 15 is 0 Å². The fourth-order valence-corrected chi connectivity index (χ4v) is 4.01. The van der Waals surface area contributed by atoms with Gasteiger partial charge in [-0.1, -0.05) is 6.07 Å². The molecule has 3 heterocycles. The molecule has 0 aromatic carbocycles. The summed E-state index contributed by atoms with van der Waals surface area (Å²) in [5.41, 5.74) is 7.61. The highest BCUT2D eigenvalue weighted by molar-refractivity contribution is 7.18. The molecule has 1 unspecified atom stereocenters. The molecule has 3 aromatic heterocycles. The van der Waals surface area contributed by atoms with Gasteiger partial charge in [0, 0.05) is 24.2 Å². The minimum Gasteiger partial charge on any atom is -0.298 e. The Morgan fingerprint density at radius 2 is 2.15 bits per heavy atom. The minimum absolute atomic E-state index is 0.145. The van der Waals surface area contributed by atoms with E-state index in [1.807, 2.05) is 38.4 Å². The van der Waals surface area contributed by atoms with Crippen molar-refractivity contribution in [3.63, 3.8) is 0 Å². The Morgan fingerprint density at radius 3 is 2.96 bits per heavy atom. The zero-order valence-electron chi connectivity index (χ0n) is 15.0. The Kier molecular flexibility index (Phi) is 5.06. The van der Waals surface area contributed by atoms with E-state index in [0.29, 0.717) is 0 Å². The zero-order valence-corrected chi connectivity index (χ0v) is 15.8. The Balaban J connectivity index is 1.62. The smallest absolute Gasteiger partial charge is 0.125 e. The highest BCUT2D eigenvalue weighted by Gasteiger charge is 2.23. The third-order valence-corrected chi connectivity index (χ3v) is 5.46. The number of aryl methyl sites for hydroxylation is 1. The number of rotatable bonds is 5. The SMILES string of the molecule is CC(C)ONC1CCCc2ccc(-c3cnc(-c4cccnc4)s3)nc21. The fraction of sp³-hybridized carbons (Fsp3) is 0.350. The van der Waals surface area contributed by atoms with Crippen LogP contribution in [0, 0.1) is 0 Å². The van der Waals surface area contributed by atoms with E-state index in [2.05, 4.69) is 27.6 Å². The van der Waals surface area contributed by atoms with Crippen molar-refractivity contribution in [1.29, 1.82) is 0 Å². The van der Waals surface area contributed by atoms with Crippen molar-refractivity contribution in [2.24, 2.45) is 0 Å². The van der Waals surface area contributed by atoms with E-state index in [4.69, 9.17) is 9.82 Å². The molecule has 0 bridgehead atoms. The molecular formula is C20H22N4OS. The van der Waals surface area contributed by atoms with Crippen LogP contribution in [0.1, 0.15) is 44.0 Å². The van der Waals surface area contributed by atoms with Gasteiger partial charge in [-0.25, -0.2) is 9.97 Å². The number of fused-ring (bicyclic) bond motifs is 1. The van der Waals surface area contributed by atoms with Crippen LogP contribution in [0.4, 0.5) is 0 Å². The van der Waals surface area contributed by atoms with Crippen molar-refractivity contribution >= 4 is 11.3 Å².